The van der Waals surface area contributed by atoms with E-state index in [1.165, 1.54) is 0 Å². The van der Waals surface area contributed by atoms with Crippen LogP contribution in [0.1, 0.15) is 12.8 Å². The lowest BCUT2D eigenvalue weighted by atomic mass is 10.3. The normalized spacial score (nSPS) is 11.1. The third-order valence-corrected chi connectivity index (χ3v) is 3.83. The Labute approximate surface area is 175 Å². The molecular weight excluding hydrogens is 434 g/mol. The van der Waals surface area contributed by atoms with Gasteiger partial charge in [-0.1, -0.05) is 0 Å². The van der Waals surface area contributed by atoms with Crippen molar-refractivity contribution in [3.05, 3.63) is 22.8 Å². The van der Waals surface area contributed by atoms with E-state index in [2.05, 4.69) is 20.9 Å². The Hall–Kier alpha value is -0.810. The zero-order chi connectivity index (χ0) is 20.1. The molecule has 0 bridgehead atoms. The summed E-state index contributed by atoms with van der Waals surface area (Å²) < 4.78 is 33.2. The third-order valence-electron chi connectivity index (χ3n) is 3.36. The van der Waals surface area contributed by atoms with Gasteiger partial charge in [-0.25, -0.2) is 4.98 Å². The van der Waals surface area contributed by atoms with Crippen LogP contribution in [0.25, 0.3) is 0 Å². The molecule has 1 N–H and O–H groups in total. The highest BCUT2D eigenvalue weighted by molar-refractivity contribution is 9.10. The van der Waals surface area contributed by atoms with E-state index in [4.69, 9.17) is 33.5 Å². The van der Waals surface area contributed by atoms with Crippen LogP contribution in [0.15, 0.2) is 22.8 Å². The first-order valence-electron chi connectivity index (χ1n) is 9.57. The smallest absolute Gasteiger partial charge is 0.213 e. The maximum atomic E-state index is 8.53. The maximum Gasteiger partial charge on any atom is 0.213 e. The van der Waals surface area contributed by atoms with Crippen LogP contribution in [0.2, 0.25) is 0 Å². The van der Waals surface area contributed by atoms with Gasteiger partial charge >= 0.3 is 0 Å². The predicted molar refractivity (Wildman–Crippen MR) is 108 cm³/mol. The van der Waals surface area contributed by atoms with Gasteiger partial charge in [0.1, 0.15) is 6.61 Å². The van der Waals surface area contributed by atoms with E-state index in [0.29, 0.717) is 78.6 Å². The van der Waals surface area contributed by atoms with Crippen molar-refractivity contribution >= 4 is 15.9 Å². The molecule has 0 aliphatic heterocycles. The molecule has 1 aromatic heterocycles. The quantitative estimate of drug-likeness (QED) is 0.293. The van der Waals surface area contributed by atoms with Crippen LogP contribution < -0.4 is 4.74 Å². The summed E-state index contributed by atoms with van der Waals surface area (Å²) in [7, 11) is 0. The molecule has 0 saturated carbocycles. The number of aliphatic hydroxyl groups excluding tert-OH is 1. The SMILES string of the molecule is OCCOCCOCCOCCOCCCCOCCOc1ccc(Br)cn1. The van der Waals surface area contributed by atoms with Crippen molar-refractivity contribution in [3.8, 4) is 5.88 Å². The molecule has 0 unspecified atom stereocenters. The minimum absolute atomic E-state index is 0.0380. The molecule has 0 spiro atoms. The number of hydrogen-bond donors (Lipinski definition) is 1. The monoisotopic (exact) mass is 465 g/mol. The van der Waals surface area contributed by atoms with Gasteiger partial charge in [0.15, 0.2) is 0 Å². The van der Waals surface area contributed by atoms with Gasteiger partial charge in [-0.2, -0.15) is 0 Å². The van der Waals surface area contributed by atoms with Gasteiger partial charge in [0.25, 0.3) is 0 Å². The number of ether oxygens (including phenoxy) is 6. The molecule has 0 radical (unpaired) electrons. The van der Waals surface area contributed by atoms with Crippen molar-refractivity contribution in [1.29, 1.82) is 0 Å². The highest BCUT2D eigenvalue weighted by Gasteiger charge is 1.96. The number of hydrogen-bond acceptors (Lipinski definition) is 8. The van der Waals surface area contributed by atoms with E-state index < -0.39 is 0 Å². The Bertz CT molecular complexity index is 450. The van der Waals surface area contributed by atoms with Crippen LogP contribution in [0.5, 0.6) is 5.88 Å². The maximum absolute atomic E-state index is 8.53. The van der Waals surface area contributed by atoms with Gasteiger partial charge in [0, 0.05) is 29.9 Å². The molecule has 1 aromatic rings. The zero-order valence-electron chi connectivity index (χ0n) is 16.4. The summed E-state index contributed by atoms with van der Waals surface area (Å²) in [6.07, 6.45) is 3.60. The number of unbranched alkanes of at least 4 members (excludes halogenated alkanes) is 1. The van der Waals surface area contributed by atoms with E-state index >= 15 is 0 Å². The fourth-order valence-corrected chi connectivity index (χ4v) is 2.22. The molecule has 0 amide bonds. The molecule has 1 rings (SSSR count). The minimum atomic E-state index is 0.0380. The third kappa shape index (κ3) is 16.2. The molecule has 0 saturated heterocycles. The fourth-order valence-electron chi connectivity index (χ4n) is 1.99. The average Bonchev–Trinajstić information content (AvgIpc) is 2.71. The summed E-state index contributed by atoms with van der Waals surface area (Å²) in [6.45, 7) is 6.01. The molecule has 0 atom stereocenters. The van der Waals surface area contributed by atoms with Crippen LogP contribution >= 0.6 is 15.9 Å². The van der Waals surface area contributed by atoms with E-state index in [9.17, 15) is 0 Å². The number of halogens is 1. The van der Waals surface area contributed by atoms with Gasteiger partial charge in [-0.15, -0.1) is 0 Å². The fraction of sp³-hybridized carbons (Fsp3) is 0.737. The first kappa shape index (κ1) is 25.2. The molecule has 162 valence electrons. The molecule has 0 fully saturated rings. The molecule has 0 aliphatic rings. The highest BCUT2D eigenvalue weighted by atomic mass is 79.9. The Morgan fingerprint density at radius 2 is 1.18 bits per heavy atom. The Morgan fingerprint density at radius 1 is 0.679 bits per heavy atom. The second-order valence-corrected chi connectivity index (χ2v) is 6.57. The van der Waals surface area contributed by atoms with Gasteiger partial charge in [-0.05, 0) is 34.8 Å². The van der Waals surface area contributed by atoms with Crippen molar-refractivity contribution in [2.75, 3.05) is 79.3 Å². The van der Waals surface area contributed by atoms with E-state index in [1.807, 2.05) is 12.1 Å². The van der Waals surface area contributed by atoms with Crippen molar-refractivity contribution in [2.45, 2.75) is 12.8 Å². The van der Waals surface area contributed by atoms with E-state index in [0.717, 1.165) is 17.3 Å². The topological polar surface area (TPSA) is 88.5 Å². The number of nitrogens with zero attached hydrogens (tertiary/aromatic N) is 1. The molecule has 0 aromatic carbocycles. The number of rotatable bonds is 20. The van der Waals surface area contributed by atoms with Gasteiger partial charge in [0.05, 0.1) is 59.5 Å². The number of aliphatic hydroxyl groups is 1. The van der Waals surface area contributed by atoms with E-state index in [-0.39, 0.29) is 6.61 Å². The summed E-state index contributed by atoms with van der Waals surface area (Å²) in [5.74, 6) is 0.598. The van der Waals surface area contributed by atoms with E-state index in [1.54, 1.807) is 6.20 Å². The summed E-state index contributed by atoms with van der Waals surface area (Å²) in [5, 5.41) is 8.53. The second kappa shape index (κ2) is 19.5. The average molecular weight is 466 g/mol. The number of aromatic nitrogens is 1. The van der Waals surface area contributed by atoms with Gasteiger partial charge in [-0.3, -0.25) is 0 Å². The molecule has 0 aliphatic carbocycles. The largest absolute Gasteiger partial charge is 0.475 e. The first-order valence-corrected chi connectivity index (χ1v) is 10.4. The minimum Gasteiger partial charge on any atom is -0.475 e. The molecule has 28 heavy (non-hydrogen) atoms. The van der Waals surface area contributed by atoms with Crippen LogP contribution in [0, 0.1) is 0 Å². The van der Waals surface area contributed by atoms with Crippen LogP contribution in [-0.2, 0) is 23.7 Å². The van der Waals surface area contributed by atoms with Crippen molar-refractivity contribution < 1.29 is 33.5 Å². The first-order chi connectivity index (χ1) is 13.8. The standard InChI is InChI=1S/C19H32BrNO7/c20-18-3-4-19(21-17-18)28-16-15-24-7-2-1-6-23-9-11-26-13-14-27-12-10-25-8-5-22/h3-4,17,22H,1-2,5-16H2. The molecule has 1 heterocycles. The second-order valence-electron chi connectivity index (χ2n) is 5.66. The Balaban J connectivity index is 1.70. The summed E-state index contributed by atoms with van der Waals surface area (Å²) in [6, 6.07) is 3.70. The zero-order valence-corrected chi connectivity index (χ0v) is 17.9. The summed E-state index contributed by atoms with van der Waals surface area (Å²) in [5.41, 5.74) is 0. The lowest BCUT2D eigenvalue weighted by molar-refractivity contribution is -0.00624. The van der Waals surface area contributed by atoms with Crippen LogP contribution in [0.4, 0.5) is 0 Å². The number of pyridine rings is 1. The molecular formula is C19H32BrNO7. The van der Waals surface area contributed by atoms with Crippen molar-refractivity contribution in [2.24, 2.45) is 0 Å². The molecule has 9 heteroatoms. The molecule has 8 nitrogen and oxygen atoms in total. The Kier molecular flexibility index (Phi) is 17.6. The van der Waals surface area contributed by atoms with Gasteiger partial charge < -0.3 is 33.5 Å². The van der Waals surface area contributed by atoms with Crippen molar-refractivity contribution in [3.63, 3.8) is 0 Å². The predicted octanol–water partition coefficient (Wildman–Crippen LogP) is 2.08. The van der Waals surface area contributed by atoms with Crippen molar-refractivity contribution in [1.82, 2.24) is 4.98 Å². The highest BCUT2D eigenvalue weighted by Crippen LogP contribution is 2.11. The van der Waals surface area contributed by atoms with Crippen LogP contribution in [0.3, 0.4) is 0 Å². The lowest BCUT2D eigenvalue weighted by Gasteiger charge is -2.08. The Morgan fingerprint density at radius 3 is 1.68 bits per heavy atom. The lowest BCUT2D eigenvalue weighted by Crippen LogP contribution is -2.13. The summed E-state index contributed by atoms with van der Waals surface area (Å²) >= 11 is 3.33. The van der Waals surface area contributed by atoms with Crippen LogP contribution in [-0.4, -0.2) is 89.4 Å². The summed E-state index contributed by atoms with van der Waals surface area (Å²) in [4.78, 5) is 4.12. The van der Waals surface area contributed by atoms with Gasteiger partial charge in [0.2, 0.25) is 5.88 Å².